The number of hydrogen-bond donors (Lipinski definition) is 3. The summed E-state index contributed by atoms with van der Waals surface area (Å²) in [4.78, 5) is 10.9. The molecule has 0 aliphatic rings. The van der Waals surface area contributed by atoms with E-state index in [1.54, 1.807) is 0 Å². The Morgan fingerprint density at radius 2 is 1.90 bits per heavy atom. The highest BCUT2D eigenvalue weighted by Gasteiger charge is 2.26. The van der Waals surface area contributed by atoms with Crippen molar-refractivity contribution in [3.05, 3.63) is 38.4 Å². The summed E-state index contributed by atoms with van der Waals surface area (Å²) in [5.41, 5.74) is -0.556. The average Bonchev–Trinajstić information content (AvgIpc) is 2.83. The van der Waals surface area contributed by atoms with E-state index in [1.807, 2.05) is 0 Å². The average molecular weight is 415 g/mol. The minimum atomic E-state index is -4.24. The van der Waals surface area contributed by atoms with Crippen LogP contribution in [0, 0.1) is 0 Å². The number of anilines is 1. The highest BCUT2D eigenvalue weighted by molar-refractivity contribution is 9.10. The van der Waals surface area contributed by atoms with Crippen LogP contribution in [-0.2, 0) is 10.0 Å². The van der Waals surface area contributed by atoms with Crippen LogP contribution < -0.4 is 4.72 Å². The lowest BCUT2D eigenvalue weighted by molar-refractivity contribution is 0.0692. The normalized spacial score (nSPS) is 11.4. The number of rotatable bonds is 4. The van der Waals surface area contributed by atoms with Crippen LogP contribution in [-0.4, -0.2) is 29.7 Å². The standard InChI is InChI=1S/C10H6BrCl2N3O4S/c11-4-1-6(12)8(7(13)2-4)16-21(19,20)9-5(10(17)18)3-14-15-9/h1-3,16H,(H,14,15)(H,17,18). The number of aromatic nitrogens is 2. The number of benzene rings is 1. The quantitative estimate of drug-likeness (QED) is 0.711. The van der Waals surface area contributed by atoms with Crippen molar-refractivity contribution in [1.82, 2.24) is 10.2 Å². The molecule has 2 aromatic rings. The second-order valence-corrected chi connectivity index (χ2v) is 7.12. The molecule has 21 heavy (non-hydrogen) atoms. The van der Waals surface area contributed by atoms with E-state index in [1.165, 1.54) is 12.1 Å². The van der Waals surface area contributed by atoms with E-state index in [0.717, 1.165) is 6.20 Å². The summed E-state index contributed by atoms with van der Waals surface area (Å²) in [6.45, 7) is 0. The van der Waals surface area contributed by atoms with E-state index >= 15 is 0 Å². The summed E-state index contributed by atoms with van der Waals surface area (Å²) in [5, 5.41) is 14.0. The number of carboxylic acids is 1. The number of carbonyl (C=O) groups is 1. The molecule has 1 aromatic heterocycles. The van der Waals surface area contributed by atoms with Crippen molar-refractivity contribution in [3.8, 4) is 0 Å². The van der Waals surface area contributed by atoms with Crippen LogP contribution in [0.15, 0.2) is 27.8 Å². The lowest BCUT2D eigenvalue weighted by atomic mass is 10.3. The van der Waals surface area contributed by atoms with Gasteiger partial charge >= 0.3 is 5.97 Å². The molecule has 0 atom stereocenters. The molecular formula is C10H6BrCl2N3O4S. The summed E-state index contributed by atoms with van der Waals surface area (Å²) >= 11 is 15.0. The second kappa shape index (κ2) is 5.84. The number of aromatic carboxylic acids is 1. The molecule has 0 radical (unpaired) electrons. The van der Waals surface area contributed by atoms with Gasteiger partial charge in [0, 0.05) is 4.47 Å². The first-order valence-electron chi connectivity index (χ1n) is 5.16. The summed E-state index contributed by atoms with van der Waals surface area (Å²) in [6, 6.07) is 2.88. The SMILES string of the molecule is O=C(O)c1cn[nH]c1S(=O)(=O)Nc1c(Cl)cc(Br)cc1Cl. The number of aromatic amines is 1. The predicted octanol–water partition coefficient (Wildman–Crippen LogP) is 2.98. The van der Waals surface area contributed by atoms with Gasteiger partial charge in [0.25, 0.3) is 10.0 Å². The lowest BCUT2D eigenvalue weighted by Gasteiger charge is -2.11. The van der Waals surface area contributed by atoms with E-state index in [0.29, 0.717) is 4.47 Å². The third kappa shape index (κ3) is 3.31. The van der Waals surface area contributed by atoms with Gasteiger partial charge in [-0.3, -0.25) is 9.82 Å². The third-order valence-electron chi connectivity index (χ3n) is 2.35. The molecule has 11 heteroatoms. The molecule has 0 saturated heterocycles. The molecule has 0 aliphatic carbocycles. The maximum Gasteiger partial charge on any atom is 0.340 e. The van der Waals surface area contributed by atoms with Gasteiger partial charge in [-0.05, 0) is 12.1 Å². The minimum absolute atomic E-state index is 0.0503. The number of H-pyrrole nitrogens is 1. The first-order chi connectivity index (χ1) is 9.72. The van der Waals surface area contributed by atoms with Crippen LogP contribution in [0.4, 0.5) is 5.69 Å². The van der Waals surface area contributed by atoms with E-state index in [4.69, 9.17) is 28.3 Å². The van der Waals surface area contributed by atoms with Crippen molar-refractivity contribution < 1.29 is 18.3 Å². The van der Waals surface area contributed by atoms with Gasteiger partial charge in [0.05, 0.1) is 21.9 Å². The summed E-state index contributed by atoms with van der Waals surface area (Å²) < 4.78 is 27.1. The molecule has 2 rings (SSSR count). The van der Waals surface area contributed by atoms with E-state index in [-0.39, 0.29) is 15.7 Å². The first-order valence-corrected chi connectivity index (χ1v) is 8.19. The summed E-state index contributed by atoms with van der Waals surface area (Å²) in [5.74, 6) is -1.43. The minimum Gasteiger partial charge on any atom is -0.478 e. The second-order valence-electron chi connectivity index (χ2n) is 3.77. The number of nitrogens with one attached hydrogen (secondary N) is 2. The zero-order valence-electron chi connectivity index (χ0n) is 9.89. The third-order valence-corrected chi connectivity index (χ3v) is 4.72. The number of carboxylic acid groups (broad SMARTS) is 1. The number of halogens is 3. The van der Waals surface area contributed by atoms with Crippen LogP contribution in [0.1, 0.15) is 10.4 Å². The summed E-state index contributed by atoms with van der Waals surface area (Å²) in [7, 11) is -4.24. The fraction of sp³-hybridized carbons (Fsp3) is 0. The van der Waals surface area contributed by atoms with Crippen molar-refractivity contribution in [1.29, 1.82) is 0 Å². The molecule has 0 saturated carbocycles. The molecule has 0 spiro atoms. The highest BCUT2D eigenvalue weighted by atomic mass is 79.9. The number of sulfonamides is 1. The zero-order chi connectivity index (χ0) is 15.8. The molecule has 1 aromatic carbocycles. The van der Waals surface area contributed by atoms with Crippen molar-refractivity contribution >= 4 is 60.8 Å². The van der Waals surface area contributed by atoms with Gasteiger partial charge in [0.2, 0.25) is 0 Å². The lowest BCUT2D eigenvalue weighted by Crippen LogP contribution is -2.17. The van der Waals surface area contributed by atoms with Crippen LogP contribution in [0.3, 0.4) is 0 Å². The Morgan fingerprint density at radius 3 is 2.43 bits per heavy atom. The van der Waals surface area contributed by atoms with Crippen molar-refractivity contribution in [2.75, 3.05) is 4.72 Å². The maximum atomic E-state index is 12.2. The number of nitrogens with zero attached hydrogens (tertiary/aromatic N) is 1. The molecule has 0 unspecified atom stereocenters. The van der Waals surface area contributed by atoms with E-state index < -0.39 is 26.6 Å². The predicted molar refractivity (Wildman–Crippen MR) is 80.5 cm³/mol. The van der Waals surface area contributed by atoms with Crippen molar-refractivity contribution in [3.63, 3.8) is 0 Å². The van der Waals surface area contributed by atoms with Crippen molar-refractivity contribution in [2.45, 2.75) is 5.03 Å². The molecule has 0 bridgehead atoms. The molecule has 7 nitrogen and oxygen atoms in total. The van der Waals surface area contributed by atoms with Gasteiger partial charge in [-0.15, -0.1) is 0 Å². The van der Waals surface area contributed by atoms with Crippen molar-refractivity contribution in [2.24, 2.45) is 0 Å². The Hall–Kier alpha value is -1.29. The van der Waals surface area contributed by atoms with E-state index in [2.05, 4.69) is 30.8 Å². The Balaban J connectivity index is 2.48. The largest absolute Gasteiger partial charge is 0.478 e. The molecule has 0 amide bonds. The van der Waals surface area contributed by atoms with Gasteiger partial charge in [0.1, 0.15) is 5.56 Å². The Bertz CT molecular complexity index is 798. The van der Waals surface area contributed by atoms with E-state index in [9.17, 15) is 13.2 Å². The molecular weight excluding hydrogens is 409 g/mol. The first kappa shape index (κ1) is 16.1. The van der Waals surface area contributed by atoms with Crippen LogP contribution in [0.25, 0.3) is 0 Å². The molecule has 1 heterocycles. The van der Waals surface area contributed by atoms with Gasteiger partial charge in [-0.2, -0.15) is 13.5 Å². The summed E-state index contributed by atoms with van der Waals surface area (Å²) in [6.07, 6.45) is 0.891. The molecule has 112 valence electrons. The monoisotopic (exact) mass is 413 g/mol. The molecule has 3 N–H and O–H groups in total. The number of hydrogen-bond acceptors (Lipinski definition) is 4. The Kier molecular flexibility index (Phi) is 4.47. The Labute approximate surface area is 137 Å². The van der Waals surface area contributed by atoms with Gasteiger partial charge in [-0.1, -0.05) is 39.1 Å². The maximum absolute atomic E-state index is 12.2. The Morgan fingerprint density at radius 1 is 1.33 bits per heavy atom. The van der Waals surface area contributed by atoms with Crippen LogP contribution >= 0.6 is 39.1 Å². The zero-order valence-corrected chi connectivity index (χ0v) is 13.8. The van der Waals surface area contributed by atoms with Crippen LogP contribution in [0.2, 0.25) is 10.0 Å². The smallest absolute Gasteiger partial charge is 0.340 e. The fourth-order valence-corrected chi connectivity index (χ4v) is 4.06. The van der Waals surface area contributed by atoms with Gasteiger partial charge in [0.15, 0.2) is 5.03 Å². The highest BCUT2D eigenvalue weighted by Crippen LogP contribution is 2.35. The fourth-order valence-electron chi connectivity index (χ4n) is 1.46. The van der Waals surface area contributed by atoms with Gasteiger partial charge < -0.3 is 5.11 Å². The topological polar surface area (TPSA) is 112 Å². The molecule has 0 fully saturated rings. The van der Waals surface area contributed by atoms with Gasteiger partial charge in [-0.25, -0.2) is 4.79 Å². The molecule has 0 aliphatic heterocycles. The van der Waals surface area contributed by atoms with Crippen LogP contribution in [0.5, 0.6) is 0 Å².